The minimum absolute atomic E-state index is 0.210. The number of carbonyl (C=O) groups excluding carboxylic acids is 1. The third kappa shape index (κ3) is 7.34. The van der Waals surface area contributed by atoms with Gasteiger partial charge >= 0.3 is 12.1 Å². The number of aliphatic imine (C=N–C) groups is 1. The van der Waals surface area contributed by atoms with Crippen LogP contribution in [0.4, 0.5) is 13.2 Å². The number of halogens is 3. The minimum Gasteiger partial charge on any atom is -0.466 e. The molecule has 0 saturated carbocycles. The Bertz CT molecular complexity index is 560. The van der Waals surface area contributed by atoms with E-state index in [2.05, 4.69) is 15.6 Å². The molecule has 2 N–H and O–H groups in total. The van der Waals surface area contributed by atoms with Crippen molar-refractivity contribution in [2.75, 3.05) is 20.2 Å². The van der Waals surface area contributed by atoms with Gasteiger partial charge in [0.15, 0.2) is 5.96 Å². The molecule has 0 aliphatic rings. The Labute approximate surface area is 139 Å². The van der Waals surface area contributed by atoms with Gasteiger partial charge in [-0.25, -0.2) is 0 Å². The van der Waals surface area contributed by atoms with Crippen molar-refractivity contribution in [3.8, 4) is 0 Å². The van der Waals surface area contributed by atoms with Crippen molar-refractivity contribution in [1.29, 1.82) is 0 Å². The summed E-state index contributed by atoms with van der Waals surface area (Å²) in [7, 11) is 1.56. The number of hydrogen-bond donors (Lipinski definition) is 2. The van der Waals surface area contributed by atoms with Crippen molar-refractivity contribution in [3.05, 3.63) is 35.4 Å². The van der Waals surface area contributed by atoms with Crippen molar-refractivity contribution in [2.45, 2.75) is 32.5 Å². The maximum absolute atomic E-state index is 12.7. The zero-order valence-corrected chi connectivity index (χ0v) is 13.7. The Morgan fingerprint density at radius 3 is 2.67 bits per heavy atom. The molecule has 0 bridgehead atoms. The Kier molecular flexibility index (Phi) is 8.08. The number of ether oxygens (including phenoxy) is 1. The fourth-order valence-corrected chi connectivity index (χ4v) is 1.94. The molecule has 0 amide bonds. The van der Waals surface area contributed by atoms with Crippen LogP contribution in [0, 0.1) is 0 Å². The molecular formula is C16H22F3N3O2. The van der Waals surface area contributed by atoms with E-state index < -0.39 is 11.7 Å². The second kappa shape index (κ2) is 9.79. The smallest absolute Gasteiger partial charge is 0.416 e. The van der Waals surface area contributed by atoms with Crippen LogP contribution in [-0.2, 0) is 22.3 Å². The summed E-state index contributed by atoms with van der Waals surface area (Å²) in [5.41, 5.74) is -0.182. The predicted octanol–water partition coefficient (Wildman–Crippen LogP) is 2.71. The first-order valence-corrected chi connectivity index (χ1v) is 7.63. The van der Waals surface area contributed by atoms with Crippen molar-refractivity contribution >= 4 is 11.9 Å². The quantitative estimate of drug-likeness (QED) is 0.345. The first kappa shape index (κ1) is 19.8. The summed E-state index contributed by atoms with van der Waals surface area (Å²) < 4.78 is 42.8. The lowest BCUT2D eigenvalue weighted by Gasteiger charge is -2.13. The number of nitrogens with one attached hydrogen (secondary N) is 2. The molecule has 0 unspecified atom stereocenters. The van der Waals surface area contributed by atoms with Gasteiger partial charge < -0.3 is 15.4 Å². The molecule has 134 valence electrons. The van der Waals surface area contributed by atoms with Gasteiger partial charge in [0, 0.05) is 26.6 Å². The molecule has 1 aromatic carbocycles. The van der Waals surface area contributed by atoms with E-state index in [1.807, 2.05) is 0 Å². The summed E-state index contributed by atoms with van der Waals surface area (Å²) in [5.74, 6) is 0.197. The van der Waals surface area contributed by atoms with E-state index in [-0.39, 0.29) is 12.5 Å². The average molecular weight is 345 g/mol. The molecule has 0 aliphatic heterocycles. The molecule has 0 radical (unpaired) electrons. The fraction of sp³-hybridized carbons (Fsp3) is 0.500. The Hall–Kier alpha value is -2.25. The highest BCUT2D eigenvalue weighted by atomic mass is 19.4. The van der Waals surface area contributed by atoms with Gasteiger partial charge in [0.25, 0.3) is 0 Å². The molecule has 0 saturated heterocycles. The van der Waals surface area contributed by atoms with E-state index >= 15 is 0 Å². The summed E-state index contributed by atoms with van der Waals surface area (Å²) in [6, 6.07) is 5.11. The fourth-order valence-electron chi connectivity index (χ4n) is 1.94. The number of alkyl halides is 3. The highest BCUT2D eigenvalue weighted by Crippen LogP contribution is 2.29. The SMILES string of the molecule is CCOC(=O)CCCNC(=NC)NCc1cccc(C(F)(F)F)c1. The van der Waals surface area contributed by atoms with Gasteiger partial charge in [0.2, 0.25) is 0 Å². The summed E-state index contributed by atoms with van der Waals surface area (Å²) >= 11 is 0. The topological polar surface area (TPSA) is 62.7 Å². The first-order valence-electron chi connectivity index (χ1n) is 7.63. The van der Waals surface area contributed by atoms with E-state index in [1.54, 1.807) is 20.0 Å². The molecule has 24 heavy (non-hydrogen) atoms. The molecule has 0 aromatic heterocycles. The molecule has 0 fully saturated rings. The molecule has 1 rings (SSSR count). The van der Waals surface area contributed by atoms with Gasteiger partial charge in [0.05, 0.1) is 12.2 Å². The maximum Gasteiger partial charge on any atom is 0.416 e. The van der Waals surface area contributed by atoms with E-state index in [0.717, 1.165) is 12.1 Å². The molecule has 8 heteroatoms. The Morgan fingerprint density at radius 1 is 1.29 bits per heavy atom. The maximum atomic E-state index is 12.7. The van der Waals surface area contributed by atoms with Crippen molar-refractivity contribution in [3.63, 3.8) is 0 Å². The van der Waals surface area contributed by atoms with Gasteiger partial charge in [-0.2, -0.15) is 13.2 Å². The van der Waals surface area contributed by atoms with Crippen LogP contribution >= 0.6 is 0 Å². The lowest BCUT2D eigenvalue weighted by Crippen LogP contribution is -2.37. The van der Waals surface area contributed by atoms with E-state index in [9.17, 15) is 18.0 Å². The van der Waals surface area contributed by atoms with Gasteiger partial charge in [0.1, 0.15) is 0 Å². The summed E-state index contributed by atoms with van der Waals surface area (Å²) in [6.07, 6.45) is -3.49. The number of guanidine groups is 1. The number of carbonyl (C=O) groups is 1. The summed E-state index contributed by atoms with van der Waals surface area (Å²) in [6.45, 7) is 2.81. The highest BCUT2D eigenvalue weighted by molar-refractivity contribution is 5.79. The first-order chi connectivity index (χ1) is 11.4. The van der Waals surface area contributed by atoms with Crippen LogP contribution in [0.15, 0.2) is 29.3 Å². The Balaban J connectivity index is 2.40. The summed E-state index contributed by atoms with van der Waals surface area (Å²) in [4.78, 5) is 15.2. The van der Waals surface area contributed by atoms with Gasteiger partial charge in [-0.15, -0.1) is 0 Å². The van der Waals surface area contributed by atoms with Crippen molar-refractivity contribution < 1.29 is 22.7 Å². The normalized spacial score (nSPS) is 12.0. The minimum atomic E-state index is -4.36. The number of benzene rings is 1. The lowest BCUT2D eigenvalue weighted by molar-refractivity contribution is -0.143. The second-order valence-electron chi connectivity index (χ2n) is 4.96. The highest BCUT2D eigenvalue weighted by Gasteiger charge is 2.30. The molecule has 0 spiro atoms. The number of nitrogens with zero attached hydrogens (tertiary/aromatic N) is 1. The van der Waals surface area contributed by atoms with E-state index in [4.69, 9.17) is 4.74 Å². The van der Waals surface area contributed by atoms with Gasteiger partial charge in [-0.3, -0.25) is 9.79 Å². The molecule has 5 nitrogen and oxygen atoms in total. The lowest BCUT2D eigenvalue weighted by atomic mass is 10.1. The molecule has 0 heterocycles. The van der Waals surface area contributed by atoms with E-state index in [0.29, 0.717) is 37.5 Å². The van der Waals surface area contributed by atoms with Crippen LogP contribution in [0.1, 0.15) is 30.9 Å². The number of rotatable bonds is 7. The van der Waals surface area contributed by atoms with Crippen molar-refractivity contribution in [1.82, 2.24) is 10.6 Å². The largest absolute Gasteiger partial charge is 0.466 e. The van der Waals surface area contributed by atoms with Crippen LogP contribution in [0.5, 0.6) is 0 Å². The Morgan fingerprint density at radius 2 is 2.04 bits per heavy atom. The number of hydrogen-bond acceptors (Lipinski definition) is 3. The predicted molar refractivity (Wildman–Crippen MR) is 85.5 cm³/mol. The van der Waals surface area contributed by atoms with Crippen LogP contribution in [0.3, 0.4) is 0 Å². The van der Waals surface area contributed by atoms with Crippen LogP contribution in [0.25, 0.3) is 0 Å². The standard InChI is InChI=1S/C16H22F3N3O2/c1-3-24-14(23)8-5-9-21-15(20-2)22-11-12-6-4-7-13(10-12)16(17,18)19/h4,6-7,10H,3,5,8-9,11H2,1-2H3,(H2,20,21,22). The van der Waals surface area contributed by atoms with Gasteiger partial charge in [-0.1, -0.05) is 12.1 Å². The van der Waals surface area contributed by atoms with Crippen molar-refractivity contribution in [2.24, 2.45) is 4.99 Å². The second-order valence-corrected chi connectivity index (χ2v) is 4.96. The third-order valence-corrected chi connectivity index (χ3v) is 3.09. The zero-order chi connectivity index (χ0) is 18.0. The van der Waals surface area contributed by atoms with Crippen LogP contribution < -0.4 is 10.6 Å². The molecular weight excluding hydrogens is 323 g/mol. The van der Waals surface area contributed by atoms with E-state index in [1.165, 1.54) is 6.07 Å². The molecule has 0 aliphatic carbocycles. The van der Waals surface area contributed by atoms with Crippen LogP contribution in [-0.4, -0.2) is 32.1 Å². The zero-order valence-electron chi connectivity index (χ0n) is 13.7. The molecule has 0 atom stereocenters. The molecule has 1 aromatic rings. The van der Waals surface area contributed by atoms with Gasteiger partial charge in [-0.05, 0) is 31.0 Å². The average Bonchev–Trinajstić information content (AvgIpc) is 2.54. The van der Waals surface area contributed by atoms with Crippen LogP contribution in [0.2, 0.25) is 0 Å². The third-order valence-electron chi connectivity index (χ3n) is 3.09. The number of esters is 1. The monoisotopic (exact) mass is 345 g/mol. The summed E-state index contributed by atoms with van der Waals surface area (Å²) in [5, 5.41) is 5.92.